The molecule has 7 nitrogen and oxygen atoms in total. The van der Waals surface area contributed by atoms with Gasteiger partial charge in [-0.1, -0.05) is 36.4 Å². The molecule has 2 aromatic rings. The number of esters is 1. The highest BCUT2D eigenvalue weighted by molar-refractivity contribution is 5.95. The second-order valence-corrected chi connectivity index (χ2v) is 6.74. The molecule has 2 atom stereocenters. The molecule has 1 aliphatic heterocycles. The van der Waals surface area contributed by atoms with E-state index in [9.17, 15) is 9.59 Å². The van der Waals surface area contributed by atoms with Crippen molar-refractivity contribution in [2.24, 2.45) is 11.7 Å². The summed E-state index contributed by atoms with van der Waals surface area (Å²) in [4.78, 5) is 23.3. The van der Waals surface area contributed by atoms with Crippen molar-refractivity contribution in [3.63, 3.8) is 0 Å². The molecular weight excluding hydrogens is 358 g/mol. The zero-order chi connectivity index (χ0) is 20.1. The van der Waals surface area contributed by atoms with Crippen LogP contribution in [0.3, 0.4) is 0 Å². The molecule has 0 spiro atoms. The number of ether oxygens (including phenoxy) is 2. The van der Waals surface area contributed by atoms with Crippen LogP contribution < -0.4 is 15.8 Å². The molecule has 0 saturated carbocycles. The molecule has 1 fully saturated rings. The minimum atomic E-state index is -0.381. The standard InChI is InChI=1S/C21H23N3O4/c1-27-19(25)11-16-10-17(24-21(16)26)12-28-18-8-6-14(7-9-18)13-2-4-15(5-3-13)20(22)23/h2-9,16-17H,10-12H2,1H3,(H3,22,23)(H,24,26)/t16-,17-/m0/s1. The van der Waals surface area contributed by atoms with Crippen LogP contribution >= 0.6 is 0 Å². The molecule has 28 heavy (non-hydrogen) atoms. The Morgan fingerprint density at radius 2 is 1.75 bits per heavy atom. The number of hydrogen-bond donors (Lipinski definition) is 3. The fourth-order valence-electron chi connectivity index (χ4n) is 3.18. The Bertz CT molecular complexity index is 862. The summed E-state index contributed by atoms with van der Waals surface area (Å²) in [6, 6.07) is 15.0. The van der Waals surface area contributed by atoms with Gasteiger partial charge in [-0.2, -0.15) is 0 Å². The Morgan fingerprint density at radius 1 is 1.14 bits per heavy atom. The molecular formula is C21H23N3O4. The van der Waals surface area contributed by atoms with Gasteiger partial charge in [0, 0.05) is 5.56 Å². The maximum atomic E-state index is 11.9. The summed E-state index contributed by atoms with van der Waals surface area (Å²) >= 11 is 0. The Balaban J connectivity index is 1.54. The van der Waals surface area contributed by atoms with Crippen LogP contribution in [0, 0.1) is 11.3 Å². The van der Waals surface area contributed by atoms with E-state index in [1.807, 2.05) is 48.5 Å². The first-order valence-corrected chi connectivity index (χ1v) is 9.01. The van der Waals surface area contributed by atoms with Gasteiger partial charge in [0.05, 0.1) is 25.5 Å². The van der Waals surface area contributed by atoms with Crippen LogP contribution in [0.15, 0.2) is 48.5 Å². The number of hydrogen-bond acceptors (Lipinski definition) is 5. The number of amidine groups is 1. The molecule has 0 aromatic heterocycles. The van der Waals surface area contributed by atoms with E-state index in [0.29, 0.717) is 24.3 Å². The summed E-state index contributed by atoms with van der Waals surface area (Å²) in [5.74, 6) is -0.128. The van der Waals surface area contributed by atoms with Crippen LogP contribution in [-0.2, 0) is 14.3 Å². The average molecular weight is 381 g/mol. The maximum Gasteiger partial charge on any atom is 0.306 e. The van der Waals surface area contributed by atoms with Crippen molar-refractivity contribution in [3.05, 3.63) is 54.1 Å². The van der Waals surface area contributed by atoms with Gasteiger partial charge in [0.1, 0.15) is 18.2 Å². The molecule has 0 aliphatic carbocycles. The fraction of sp³-hybridized carbons (Fsp3) is 0.286. The lowest BCUT2D eigenvalue weighted by Crippen LogP contribution is -2.31. The highest BCUT2D eigenvalue weighted by atomic mass is 16.5. The van der Waals surface area contributed by atoms with Crippen molar-refractivity contribution < 1.29 is 19.1 Å². The number of nitrogens with one attached hydrogen (secondary N) is 2. The first kappa shape index (κ1) is 19.4. The molecule has 1 saturated heterocycles. The smallest absolute Gasteiger partial charge is 0.306 e. The summed E-state index contributed by atoms with van der Waals surface area (Å²) in [5.41, 5.74) is 8.20. The predicted octanol–water partition coefficient (Wildman–Crippen LogP) is 2.08. The van der Waals surface area contributed by atoms with E-state index in [4.69, 9.17) is 15.9 Å². The van der Waals surface area contributed by atoms with Crippen molar-refractivity contribution in [3.8, 4) is 16.9 Å². The molecule has 7 heteroatoms. The van der Waals surface area contributed by atoms with Crippen molar-refractivity contribution in [2.75, 3.05) is 13.7 Å². The van der Waals surface area contributed by atoms with Crippen molar-refractivity contribution in [2.45, 2.75) is 18.9 Å². The van der Waals surface area contributed by atoms with E-state index in [-0.39, 0.29) is 36.1 Å². The Morgan fingerprint density at radius 3 is 2.32 bits per heavy atom. The van der Waals surface area contributed by atoms with Crippen LogP contribution in [0.1, 0.15) is 18.4 Å². The van der Waals surface area contributed by atoms with Crippen LogP contribution in [0.5, 0.6) is 5.75 Å². The normalized spacial score (nSPS) is 18.4. The van der Waals surface area contributed by atoms with Crippen molar-refractivity contribution in [1.82, 2.24) is 5.32 Å². The summed E-state index contributed by atoms with van der Waals surface area (Å²) in [6.07, 6.45) is 0.643. The second-order valence-electron chi connectivity index (χ2n) is 6.74. The minimum absolute atomic E-state index is 0.0446. The number of carbonyl (C=O) groups is 2. The predicted molar refractivity (Wildman–Crippen MR) is 105 cm³/mol. The zero-order valence-corrected chi connectivity index (χ0v) is 15.6. The van der Waals surface area contributed by atoms with E-state index in [1.165, 1.54) is 7.11 Å². The lowest BCUT2D eigenvalue weighted by atomic mass is 10.0. The van der Waals surface area contributed by atoms with Crippen LogP contribution in [0.2, 0.25) is 0 Å². The van der Waals surface area contributed by atoms with E-state index in [0.717, 1.165) is 11.1 Å². The molecule has 2 aromatic carbocycles. The van der Waals surface area contributed by atoms with Crippen LogP contribution in [0.4, 0.5) is 0 Å². The summed E-state index contributed by atoms with van der Waals surface area (Å²) in [6.45, 7) is 0.343. The molecule has 0 bridgehead atoms. The number of methoxy groups -OCH3 is 1. The average Bonchev–Trinajstić information content (AvgIpc) is 3.06. The molecule has 0 unspecified atom stereocenters. The Labute approximate surface area is 163 Å². The molecule has 146 valence electrons. The Hall–Kier alpha value is -3.35. The molecule has 3 rings (SSSR count). The van der Waals surface area contributed by atoms with Gasteiger partial charge in [0.15, 0.2) is 0 Å². The number of carbonyl (C=O) groups excluding carboxylic acids is 2. The molecule has 1 amide bonds. The van der Waals surface area contributed by atoms with Crippen LogP contribution in [0.25, 0.3) is 11.1 Å². The summed E-state index contributed by atoms with van der Waals surface area (Å²) in [5, 5.41) is 10.3. The fourth-order valence-corrected chi connectivity index (χ4v) is 3.18. The number of nitrogens with two attached hydrogens (primary N) is 1. The van der Waals surface area contributed by atoms with Gasteiger partial charge in [-0.15, -0.1) is 0 Å². The van der Waals surface area contributed by atoms with Gasteiger partial charge in [-0.3, -0.25) is 15.0 Å². The zero-order valence-electron chi connectivity index (χ0n) is 15.6. The molecule has 1 aliphatic rings. The third-order valence-corrected chi connectivity index (χ3v) is 4.76. The van der Waals surface area contributed by atoms with E-state index in [2.05, 4.69) is 10.1 Å². The highest BCUT2D eigenvalue weighted by Crippen LogP contribution is 2.24. The molecule has 1 heterocycles. The minimum Gasteiger partial charge on any atom is -0.491 e. The quantitative estimate of drug-likeness (QED) is 0.386. The van der Waals surface area contributed by atoms with Gasteiger partial charge in [-0.25, -0.2) is 0 Å². The van der Waals surface area contributed by atoms with Gasteiger partial charge < -0.3 is 20.5 Å². The lowest BCUT2D eigenvalue weighted by Gasteiger charge is -2.12. The lowest BCUT2D eigenvalue weighted by molar-refractivity contribution is -0.143. The molecule has 0 radical (unpaired) electrons. The van der Waals surface area contributed by atoms with Crippen molar-refractivity contribution in [1.29, 1.82) is 5.41 Å². The Kier molecular flexibility index (Phi) is 5.93. The highest BCUT2D eigenvalue weighted by Gasteiger charge is 2.34. The monoisotopic (exact) mass is 381 g/mol. The van der Waals surface area contributed by atoms with E-state index in [1.54, 1.807) is 0 Å². The van der Waals surface area contributed by atoms with E-state index >= 15 is 0 Å². The second kappa shape index (κ2) is 8.56. The number of nitrogen functional groups attached to an aromatic ring is 1. The summed E-state index contributed by atoms with van der Waals surface area (Å²) < 4.78 is 10.4. The van der Waals surface area contributed by atoms with Gasteiger partial charge >= 0.3 is 5.97 Å². The maximum absolute atomic E-state index is 11.9. The third kappa shape index (κ3) is 4.68. The largest absolute Gasteiger partial charge is 0.491 e. The van der Waals surface area contributed by atoms with Gasteiger partial charge in [-0.05, 0) is 29.7 Å². The number of amides is 1. The van der Waals surface area contributed by atoms with Crippen molar-refractivity contribution >= 4 is 17.7 Å². The first-order chi connectivity index (χ1) is 13.5. The van der Waals surface area contributed by atoms with Gasteiger partial charge in [0.2, 0.25) is 5.91 Å². The number of benzene rings is 2. The number of rotatable bonds is 7. The molecule has 4 N–H and O–H groups in total. The topological polar surface area (TPSA) is 114 Å². The van der Waals surface area contributed by atoms with Crippen LogP contribution in [-0.4, -0.2) is 37.5 Å². The van der Waals surface area contributed by atoms with E-state index < -0.39 is 0 Å². The first-order valence-electron chi connectivity index (χ1n) is 9.01. The third-order valence-electron chi connectivity index (χ3n) is 4.76. The SMILES string of the molecule is COC(=O)C[C@@H]1C[C@@H](COc2ccc(-c3ccc(C(=N)N)cc3)cc2)NC1=O. The van der Waals surface area contributed by atoms with Gasteiger partial charge in [0.25, 0.3) is 0 Å². The summed E-state index contributed by atoms with van der Waals surface area (Å²) in [7, 11) is 1.32.